The van der Waals surface area contributed by atoms with E-state index in [1.165, 1.54) is 0 Å². The predicted molar refractivity (Wildman–Crippen MR) is 145 cm³/mol. The van der Waals surface area contributed by atoms with Crippen LogP contribution in [-0.2, 0) is 6.42 Å². The molecule has 0 radical (unpaired) electrons. The molecule has 0 fully saturated rings. The lowest BCUT2D eigenvalue weighted by atomic mass is 9.99. The van der Waals surface area contributed by atoms with E-state index in [4.69, 9.17) is 29.0 Å². The van der Waals surface area contributed by atoms with Gasteiger partial charge in [0.2, 0.25) is 0 Å². The quantitative estimate of drug-likeness (QED) is 0.228. The molecule has 0 spiro atoms. The Morgan fingerprint density at radius 3 is 1.97 bits per heavy atom. The number of para-hydroxylation sites is 1. The lowest BCUT2D eigenvalue weighted by molar-refractivity contribution is 0.355. The zero-order valence-corrected chi connectivity index (χ0v) is 22.3. The van der Waals surface area contributed by atoms with Crippen molar-refractivity contribution in [2.45, 2.75) is 13.3 Å². The molecular formula is C28H26BrN3O4. The average molecular weight is 548 g/mol. The molecule has 0 unspecified atom stereocenters. The minimum Gasteiger partial charge on any atom is -0.493 e. The van der Waals surface area contributed by atoms with Crippen LogP contribution in [0, 0.1) is 0 Å². The number of aryl methyl sites for hydroxylation is 1. The van der Waals surface area contributed by atoms with Crippen molar-refractivity contribution < 1.29 is 18.9 Å². The summed E-state index contributed by atoms with van der Waals surface area (Å²) in [6.45, 7) is 2.10. The van der Waals surface area contributed by atoms with Gasteiger partial charge in [-0.25, -0.2) is 9.67 Å². The number of hydrogen-bond donors (Lipinski definition) is 0. The zero-order chi connectivity index (χ0) is 25.4. The summed E-state index contributed by atoms with van der Waals surface area (Å²) in [4.78, 5) is 5.22. The molecule has 0 amide bonds. The van der Waals surface area contributed by atoms with Crippen molar-refractivity contribution in [2.24, 2.45) is 0 Å². The Morgan fingerprint density at radius 1 is 0.778 bits per heavy atom. The van der Waals surface area contributed by atoms with Gasteiger partial charge in [-0.15, -0.1) is 0 Å². The maximum atomic E-state index is 5.68. The molecule has 0 N–H and O–H groups in total. The van der Waals surface area contributed by atoms with Crippen LogP contribution in [0.4, 0.5) is 0 Å². The smallest absolute Gasteiger partial charge is 0.164 e. The summed E-state index contributed by atoms with van der Waals surface area (Å²) < 4.78 is 25.2. The third kappa shape index (κ3) is 3.82. The van der Waals surface area contributed by atoms with E-state index in [0.717, 1.165) is 55.3 Å². The largest absolute Gasteiger partial charge is 0.493 e. The van der Waals surface area contributed by atoms with Crippen molar-refractivity contribution >= 4 is 37.7 Å². The van der Waals surface area contributed by atoms with E-state index in [-0.39, 0.29) is 0 Å². The van der Waals surface area contributed by atoms with Gasteiger partial charge in [0, 0.05) is 20.8 Å². The van der Waals surface area contributed by atoms with E-state index in [9.17, 15) is 0 Å². The van der Waals surface area contributed by atoms with Gasteiger partial charge >= 0.3 is 0 Å². The third-order valence-electron chi connectivity index (χ3n) is 6.26. The van der Waals surface area contributed by atoms with E-state index < -0.39 is 0 Å². The maximum Gasteiger partial charge on any atom is 0.164 e. The minimum atomic E-state index is 0.608. The van der Waals surface area contributed by atoms with E-state index in [0.29, 0.717) is 23.0 Å². The first-order valence-electron chi connectivity index (χ1n) is 11.5. The summed E-state index contributed by atoms with van der Waals surface area (Å²) in [5.74, 6) is 2.50. The van der Waals surface area contributed by atoms with Crippen LogP contribution >= 0.6 is 15.9 Å². The molecule has 2 aromatic heterocycles. The Morgan fingerprint density at radius 2 is 1.36 bits per heavy atom. The van der Waals surface area contributed by atoms with Gasteiger partial charge in [-0.3, -0.25) is 0 Å². The highest BCUT2D eigenvalue weighted by Crippen LogP contribution is 2.44. The Kier molecular flexibility index (Phi) is 6.45. The molecule has 5 rings (SSSR count). The van der Waals surface area contributed by atoms with Gasteiger partial charge in [-0.05, 0) is 58.7 Å². The summed E-state index contributed by atoms with van der Waals surface area (Å²) in [7, 11) is 6.51. The van der Waals surface area contributed by atoms with Crippen molar-refractivity contribution in [2.75, 3.05) is 28.4 Å². The van der Waals surface area contributed by atoms with Crippen molar-refractivity contribution in [1.82, 2.24) is 14.8 Å². The molecule has 8 heteroatoms. The molecule has 3 aromatic carbocycles. The normalized spacial score (nSPS) is 11.2. The van der Waals surface area contributed by atoms with Gasteiger partial charge in [0.15, 0.2) is 28.6 Å². The Labute approximate surface area is 217 Å². The van der Waals surface area contributed by atoms with Gasteiger partial charge in [0.05, 0.1) is 50.9 Å². The van der Waals surface area contributed by atoms with E-state index in [2.05, 4.69) is 22.9 Å². The van der Waals surface area contributed by atoms with Crippen LogP contribution in [0.25, 0.3) is 38.8 Å². The molecule has 5 aromatic rings. The Balaban J connectivity index is 1.96. The van der Waals surface area contributed by atoms with Crippen molar-refractivity contribution in [3.05, 3.63) is 64.8 Å². The number of halogens is 1. The number of benzene rings is 3. The highest BCUT2D eigenvalue weighted by molar-refractivity contribution is 9.10. The van der Waals surface area contributed by atoms with Crippen molar-refractivity contribution in [3.63, 3.8) is 0 Å². The first-order chi connectivity index (χ1) is 17.5. The van der Waals surface area contributed by atoms with Crippen LogP contribution in [0.2, 0.25) is 0 Å². The number of aromatic nitrogens is 3. The van der Waals surface area contributed by atoms with Crippen LogP contribution in [0.5, 0.6) is 23.0 Å². The van der Waals surface area contributed by atoms with Gasteiger partial charge in [-0.2, -0.15) is 5.10 Å². The summed E-state index contributed by atoms with van der Waals surface area (Å²) in [6.07, 6.45) is 0.751. The number of pyridine rings is 1. The minimum absolute atomic E-state index is 0.608. The molecule has 184 valence electrons. The van der Waals surface area contributed by atoms with Gasteiger partial charge in [0.1, 0.15) is 0 Å². The number of ether oxygens (including phenoxy) is 4. The van der Waals surface area contributed by atoms with Gasteiger partial charge < -0.3 is 18.9 Å². The van der Waals surface area contributed by atoms with E-state index in [1.54, 1.807) is 28.4 Å². The predicted octanol–water partition coefficient (Wildman–Crippen LogP) is 6.60. The van der Waals surface area contributed by atoms with Crippen LogP contribution in [0.1, 0.15) is 12.6 Å². The zero-order valence-electron chi connectivity index (χ0n) is 20.8. The average Bonchev–Trinajstić information content (AvgIpc) is 3.30. The highest BCUT2D eigenvalue weighted by atomic mass is 79.9. The molecule has 0 aliphatic rings. The molecule has 0 saturated carbocycles. The molecule has 0 atom stereocenters. The number of hydrogen-bond acceptors (Lipinski definition) is 6. The van der Waals surface area contributed by atoms with E-state index in [1.807, 2.05) is 59.3 Å². The summed E-state index contributed by atoms with van der Waals surface area (Å²) >= 11 is 3.73. The number of nitrogens with zero attached hydrogens (tertiary/aromatic N) is 3. The second-order valence-corrected chi connectivity index (χ2v) is 9.00. The molecule has 36 heavy (non-hydrogen) atoms. The lowest BCUT2D eigenvalue weighted by Gasteiger charge is -2.16. The van der Waals surface area contributed by atoms with E-state index >= 15 is 0 Å². The second-order valence-electron chi connectivity index (χ2n) is 8.15. The van der Waals surface area contributed by atoms with Crippen LogP contribution in [0.15, 0.2) is 59.1 Å². The van der Waals surface area contributed by atoms with Crippen molar-refractivity contribution in [1.29, 1.82) is 0 Å². The van der Waals surface area contributed by atoms with Gasteiger partial charge in [0.25, 0.3) is 0 Å². The molecular weight excluding hydrogens is 522 g/mol. The first-order valence-corrected chi connectivity index (χ1v) is 12.3. The molecule has 2 heterocycles. The van der Waals surface area contributed by atoms with Gasteiger partial charge in [-0.1, -0.05) is 25.1 Å². The Bertz CT molecular complexity index is 1580. The fourth-order valence-electron chi connectivity index (χ4n) is 4.52. The fraction of sp³-hybridized carbons (Fsp3) is 0.214. The first kappa shape index (κ1) is 23.9. The van der Waals surface area contributed by atoms with Crippen molar-refractivity contribution in [3.8, 4) is 39.9 Å². The lowest BCUT2D eigenvalue weighted by Crippen LogP contribution is -2.00. The summed E-state index contributed by atoms with van der Waals surface area (Å²) in [6, 6.07) is 17.8. The maximum absolute atomic E-state index is 5.68. The third-order valence-corrected chi connectivity index (χ3v) is 6.92. The van der Waals surface area contributed by atoms with Crippen LogP contribution in [-0.4, -0.2) is 43.2 Å². The Hall–Kier alpha value is -3.78. The number of methoxy groups -OCH3 is 4. The molecule has 0 bridgehead atoms. The molecule has 0 aliphatic carbocycles. The fourth-order valence-corrected chi connectivity index (χ4v) is 5.03. The second kappa shape index (κ2) is 9.70. The van der Waals surface area contributed by atoms with Crippen LogP contribution in [0.3, 0.4) is 0 Å². The standard InChI is InChI=1S/C28H26BrN3O4/c1-6-21-26-17-12-22(33-2)23(34-3)13-18(17)27(19-14-24(35-4)25(36-5)15-20(19)29)30-28(26)32(31-21)16-10-8-7-9-11-16/h7-15H,6H2,1-5H3. The highest BCUT2D eigenvalue weighted by Gasteiger charge is 2.23. The molecule has 7 nitrogen and oxygen atoms in total. The topological polar surface area (TPSA) is 67.6 Å². The van der Waals surface area contributed by atoms with Crippen LogP contribution < -0.4 is 18.9 Å². The SMILES string of the molecule is CCc1nn(-c2ccccc2)c2nc(-c3cc(OC)c(OC)cc3Br)c3cc(OC)c(OC)cc3c12. The molecule has 0 saturated heterocycles. The molecule has 0 aliphatic heterocycles. The monoisotopic (exact) mass is 547 g/mol. The number of rotatable bonds is 7. The number of fused-ring (bicyclic) bond motifs is 3. The summed E-state index contributed by atoms with van der Waals surface area (Å²) in [5.41, 5.74) is 4.26. The summed E-state index contributed by atoms with van der Waals surface area (Å²) in [5, 5.41) is 7.85.